The molecule has 0 amide bonds. The highest BCUT2D eigenvalue weighted by Crippen LogP contribution is 2.44. The first-order valence-electron chi connectivity index (χ1n) is 25.3. The van der Waals surface area contributed by atoms with E-state index in [-0.39, 0.29) is 25.2 Å². The van der Waals surface area contributed by atoms with Crippen LogP contribution in [0.25, 0.3) is 0 Å². The van der Waals surface area contributed by atoms with E-state index in [1.807, 2.05) is 12.2 Å². The van der Waals surface area contributed by atoms with Gasteiger partial charge in [-0.3, -0.25) is 23.2 Å². The van der Waals surface area contributed by atoms with Gasteiger partial charge in [0.2, 0.25) is 0 Å². The zero-order valence-electron chi connectivity index (χ0n) is 41.0. The minimum atomic E-state index is -4.90. The van der Waals surface area contributed by atoms with Gasteiger partial charge in [-0.05, 0) is 38.0 Å². The largest absolute Gasteiger partial charge is 0.472 e. The molecule has 0 bridgehead atoms. The molecule has 0 spiro atoms. The third-order valence-corrected chi connectivity index (χ3v) is 13.0. The molecule has 1 heterocycles. The molecule has 8 atom stereocenters. The second-order valence-electron chi connectivity index (χ2n) is 18.5. The average molecular weight is 1000 g/mol. The number of carbonyl (C=O) groups is 2. The molecule has 0 radical (unpaired) electrons. The number of phosphoric ester groups is 2. The van der Waals surface area contributed by atoms with E-state index in [1.54, 1.807) is 12.2 Å². The molecule has 0 aromatic carbocycles. The standard InChI is InChI=1S/C48H90O17P2/c1-4-5-22-28-40(49)32-33-45-43(44(51)34-48(54)65-45)29-24-20-21-25-30-46(52)60-37-42(38-63-67(58,59)62-36-41(50)35-61-66(55,56)57)64-47(53)31-26-19-17-15-13-11-9-7-6-8-10-12-14-16-18-23-27-39(2)3/h20,24,32-33,39-45,48-51,54H,4-19,21-23,25-31,34-38H2,1-3H3,(H,58,59)(H2,55,56,57)/b24-20-,33-32+/t40-,41-,42+,43-,44-,45+,48?/m0/s1. The summed E-state index contributed by atoms with van der Waals surface area (Å²) in [6.45, 7) is 3.71. The first-order valence-corrected chi connectivity index (χ1v) is 28.3. The van der Waals surface area contributed by atoms with Crippen molar-refractivity contribution in [2.24, 2.45) is 11.8 Å². The van der Waals surface area contributed by atoms with Crippen LogP contribution in [0.3, 0.4) is 0 Å². The molecule has 1 aliphatic heterocycles. The van der Waals surface area contributed by atoms with Crippen molar-refractivity contribution < 1.29 is 81.6 Å². The molecule has 2 unspecified atom stereocenters. The van der Waals surface area contributed by atoms with Gasteiger partial charge in [0, 0.05) is 25.2 Å². The summed E-state index contributed by atoms with van der Waals surface area (Å²) in [6, 6.07) is 0. The maximum atomic E-state index is 12.8. The fraction of sp³-hybridized carbons (Fsp3) is 0.875. The first kappa shape index (κ1) is 63.5. The molecular weight excluding hydrogens is 910 g/mol. The zero-order chi connectivity index (χ0) is 49.8. The van der Waals surface area contributed by atoms with E-state index in [2.05, 4.69) is 25.3 Å². The predicted octanol–water partition coefficient (Wildman–Crippen LogP) is 9.42. The summed E-state index contributed by atoms with van der Waals surface area (Å²) in [4.78, 5) is 53.1. The lowest BCUT2D eigenvalue weighted by Gasteiger charge is -2.36. The molecule has 1 rings (SSSR count). The summed E-state index contributed by atoms with van der Waals surface area (Å²) in [5, 5.41) is 40.8. The van der Waals surface area contributed by atoms with Crippen LogP contribution in [-0.2, 0) is 46.5 Å². The van der Waals surface area contributed by atoms with Gasteiger partial charge in [0.05, 0.1) is 38.1 Å². The second kappa shape index (κ2) is 39.1. The number of hydrogen-bond donors (Lipinski definition) is 7. The fourth-order valence-corrected chi connectivity index (χ4v) is 8.79. The van der Waals surface area contributed by atoms with Crippen LogP contribution in [0, 0.1) is 11.8 Å². The molecule has 67 heavy (non-hydrogen) atoms. The van der Waals surface area contributed by atoms with Crippen molar-refractivity contribution in [3.05, 3.63) is 24.3 Å². The minimum Gasteiger partial charge on any atom is -0.462 e. The van der Waals surface area contributed by atoms with Gasteiger partial charge in [-0.25, -0.2) is 9.13 Å². The Hall–Kier alpha value is -1.56. The molecular formula is C48H90O17P2. The van der Waals surface area contributed by atoms with Crippen LogP contribution >= 0.6 is 15.6 Å². The average Bonchev–Trinajstić information content (AvgIpc) is 3.26. The van der Waals surface area contributed by atoms with Crippen molar-refractivity contribution in [1.29, 1.82) is 0 Å². The maximum absolute atomic E-state index is 12.8. The van der Waals surface area contributed by atoms with E-state index < -0.39 is 90.8 Å². The molecule has 1 aliphatic rings. The third-order valence-electron chi connectivity index (χ3n) is 11.6. The number of rotatable bonds is 43. The Bertz CT molecular complexity index is 1410. The normalized spacial score (nSPS) is 20.3. The van der Waals surface area contributed by atoms with Crippen LogP contribution in [0.2, 0.25) is 0 Å². The van der Waals surface area contributed by atoms with E-state index in [4.69, 9.17) is 33.0 Å². The summed E-state index contributed by atoms with van der Waals surface area (Å²) < 4.78 is 53.6. The zero-order valence-corrected chi connectivity index (χ0v) is 42.7. The summed E-state index contributed by atoms with van der Waals surface area (Å²) in [5.74, 6) is -0.761. The summed E-state index contributed by atoms with van der Waals surface area (Å²) in [7, 11) is -9.78. The summed E-state index contributed by atoms with van der Waals surface area (Å²) in [5.41, 5.74) is 0. The lowest BCUT2D eigenvalue weighted by molar-refractivity contribution is -0.199. The van der Waals surface area contributed by atoms with Crippen molar-refractivity contribution >= 4 is 27.6 Å². The number of unbranched alkanes of at least 4 members (excludes halogenated alkanes) is 18. The highest BCUT2D eigenvalue weighted by Gasteiger charge is 2.35. The Labute approximate surface area is 401 Å². The molecule has 19 heteroatoms. The van der Waals surface area contributed by atoms with Gasteiger partial charge in [0.15, 0.2) is 12.4 Å². The molecule has 0 aliphatic carbocycles. The SMILES string of the molecule is CCCCC[C@H](O)/C=C/[C@H]1OC(O)C[C@H](O)[C@@H]1C/C=C\CCCC(=O)OC[C@H](COP(=O)(O)OC[C@@H](O)COP(=O)(O)O)OC(=O)CCCCCCCCCCCCCCCCCCC(C)C. The smallest absolute Gasteiger partial charge is 0.462 e. The Kier molecular flexibility index (Phi) is 37.0. The molecule has 0 saturated carbocycles. The molecule has 7 N–H and O–H groups in total. The summed E-state index contributed by atoms with van der Waals surface area (Å²) >= 11 is 0. The van der Waals surface area contributed by atoms with Gasteiger partial charge in [0.1, 0.15) is 12.7 Å². The maximum Gasteiger partial charge on any atom is 0.472 e. The van der Waals surface area contributed by atoms with E-state index >= 15 is 0 Å². The lowest BCUT2D eigenvalue weighted by atomic mass is 9.87. The van der Waals surface area contributed by atoms with Gasteiger partial charge >= 0.3 is 27.6 Å². The Balaban J connectivity index is 2.51. The van der Waals surface area contributed by atoms with Crippen LogP contribution in [0.4, 0.5) is 0 Å². The van der Waals surface area contributed by atoms with Gasteiger partial charge in [-0.1, -0.05) is 167 Å². The molecule has 0 aromatic rings. The van der Waals surface area contributed by atoms with Crippen LogP contribution in [0.15, 0.2) is 24.3 Å². The van der Waals surface area contributed by atoms with Crippen molar-refractivity contribution in [1.82, 2.24) is 0 Å². The molecule has 17 nitrogen and oxygen atoms in total. The third kappa shape index (κ3) is 37.9. The van der Waals surface area contributed by atoms with Gasteiger partial charge < -0.3 is 49.3 Å². The highest BCUT2D eigenvalue weighted by atomic mass is 31.2. The number of ether oxygens (including phenoxy) is 3. The van der Waals surface area contributed by atoms with Gasteiger partial charge in [-0.15, -0.1) is 0 Å². The highest BCUT2D eigenvalue weighted by molar-refractivity contribution is 7.47. The van der Waals surface area contributed by atoms with Crippen LogP contribution < -0.4 is 0 Å². The molecule has 394 valence electrons. The predicted molar refractivity (Wildman–Crippen MR) is 256 cm³/mol. The monoisotopic (exact) mass is 1000 g/mol. The van der Waals surface area contributed by atoms with Crippen molar-refractivity contribution in [2.45, 2.75) is 231 Å². The van der Waals surface area contributed by atoms with Gasteiger partial charge in [-0.2, -0.15) is 0 Å². The van der Waals surface area contributed by atoms with Crippen molar-refractivity contribution in [3.8, 4) is 0 Å². The van der Waals surface area contributed by atoms with E-state index in [1.165, 1.54) is 77.0 Å². The van der Waals surface area contributed by atoms with E-state index in [0.717, 1.165) is 50.9 Å². The van der Waals surface area contributed by atoms with Crippen molar-refractivity contribution in [2.75, 3.05) is 26.4 Å². The van der Waals surface area contributed by atoms with E-state index in [9.17, 15) is 44.0 Å². The van der Waals surface area contributed by atoms with E-state index in [0.29, 0.717) is 32.1 Å². The number of carbonyl (C=O) groups excluding carboxylic acids is 2. The molecule has 1 fully saturated rings. The van der Waals surface area contributed by atoms with Crippen LogP contribution in [0.1, 0.15) is 194 Å². The lowest BCUT2D eigenvalue weighted by Crippen LogP contribution is -2.43. The van der Waals surface area contributed by atoms with Crippen LogP contribution in [0.5, 0.6) is 0 Å². The Morgan fingerprint density at radius 1 is 0.672 bits per heavy atom. The van der Waals surface area contributed by atoms with Crippen molar-refractivity contribution in [3.63, 3.8) is 0 Å². The number of hydrogen-bond acceptors (Lipinski definition) is 14. The Morgan fingerprint density at radius 3 is 1.79 bits per heavy atom. The number of esters is 2. The number of aliphatic hydroxyl groups excluding tert-OH is 4. The molecule has 1 saturated heterocycles. The quantitative estimate of drug-likeness (QED) is 0.0130. The minimum absolute atomic E-state index is 0.00352. The summed E-state index contributed by atoms with van der Waals surface area (Å²) in [6.07, 6.45) is 26.4. The van der Waals surface area contributed by atoms with Gasteiger partial charge in [0.25, 0.3) is 0 Å². The first-order chi connectivity index (χ1) is 31.9. The topological polar surface area (TPSA) is 265 Å². The second-order valence-corrected chi connectivity index (χ2v) is 21.1. The van der Waals surface area contributed by atoms with Crippen LogP contribution in [-0.4, -0.2) is 110 Å². The Morgan fingerprint density at radius 2 is 1.21 bits per heavy atom. The molecule has 0 aromatic heterocycles. The number of allylic oxidation sites excluding steroid dienone is 2. The fourth-order valence-electron chi connectivity index (χ4n) is 7.63. The number of phosphoric acid groups is 2. The number of aliphatic hydroxyl groups is 4.